The Labute approximate surface area is 118 Å². The summed E-state index contributed by atoms with van der Waals surface area (Å²) in [6.45, 7) is 0. The number of hydrazine groups is 1. The SMILES string of the molecule is COC(C1CCCCC1)C(NN)c1ccc(F)c(F)c1. The number of hydrogen-bond acceptors (Lipinski definition) is 3. The summed E-state index contributed by atoms with van der Waals surface area (Å²) in [6, 6.07) is 3.54. The molecule has 0 amide bonds. The van der Waals surface area contributed by atoms with Crippen LogP contribution in [0.15, 0.2) is 18.2 Å². The van der Waals surface area contributed by atoms with Gasteiger partial charge in [0.05, 0.1) is 12.1 Å². The quantitative estimate of drug-likeness (QED) is 0.645. The molecule has 1 aliphatic carbocycles. The minimum Gasteiger partial charge on any atom is -0.379 e. The highest BCUT2D eigenvalue weighted by atomic mass is 19.2. The van der Waals surface area contributed by atoms with Gasteiger partial charge in [-0.15, -0.1) is 0 Å². The molecule has 0 aromatic heterocycles. The second-order valence-corrected chi connectivity index (χ2v) is 5.42. The zero-order chi connectivity index (χ0) is 14.5. The highest BCUT2D eigenvalue weighted by molar-refractivity contribution is 5.22. The Kier molecular flexibility index (Phi) is 5.46. The molecule has 0 saturated heterocycles. The molecule has 5 heteroatoms. The molecule has 1 aromatic rings. The first-order valence-electron chi connectivity index (χ1n) is 7.11. The Morgan fingerprint density at radius 3 is 2.45 bits per heavy atom. The predicted octanol–water partition coefficient (Wildman–Crippen LogP) is 3.06. The number of nitrogens with two attached hydrogens (primary N) is 1. The van der Waals surface area contributed by atoms with Crippen LogP contribution in [0.3, 0.4) is 0 Å². The molecule has 0 aliphatic heterocycles. The maximum atomic E-state index is 13.4. The van der Waals surface area contributed by atoms with E-state index >= 15 is 0 Å². The fourth-order valence-corrected chi connectivity index (χ4v) is 3.15. The van der Waals surface area contributed by atoms with E-state index < -0.39 is 11.6 Å². The molecule has 112 valence electrons. The number of halogens is 2. The van der Waals surface area contributed by atoms with Gasteiger partial charge in [0.15, 0.2) is 11.6 Å². The van der Waals surface area contributed by atoms with Gasteiger partial charge in [0.2, 0.25) is 0 Å². The topological polar surface area (TPSA) is 47.3 Å². The summed E-state index contributed by atoms with van der Waals surface area (Å²) >= 11 is 0. The van der Waals surface area contributed by atoms with Crippen molar-refractivity contribution in [2.24, 2.45) is 11.8 Å². The third kappa shape index (κ3) is 3.34. The van der Waals surface area contributed by atoms with Gasteiger partial charge >= 0.3 is 0 Å². The lowest BCUT2D eigenvalue weighted by Crippen LogP contribution is -2.42. The van der Waals surface area contributed by atoms with E-state index in [0.29, 0.717) is 11.5 Å². The highest BCUT2D eigenvalue weighted by Gasteiger charge is 2.31. The first-order valence-corrected chi connectivity index (χ1v) is 7.11. The van der Waals surface area contributed by atoms with E-state index in [-0.39, 0.29) is 12.1 Å². The summed E-state index contributed by atoms with van der Waals surface area (Å²) in [5.41, 5.74) is 3.31. The number of benzene rings is 1. The molecule has 2 unspecified atom stereocenters. The van der Waals surface area contributed by atoms with Crippen molar-refractivity contribution in [3.8, 4) is 0 Å². The Hall–Kier alpha value is -1.04. The molecule has 3 N–H and O–H groups in total. The molecule has 1 fully saturated rings. The molecule has 2 atom stereocenters. The molecule has 0 bridgehead atoms. The summed E-state index contributed by atoms with van der Waals surface area (Å²) in [6.07, 6.45) is 5.64. The van der Waals surface area contributed by atoms with E-state index in [1.54, 1.807) is 13.2 Å². The molecule has 0 radical (unpaired) electrons. The van der Waals surface area contributed by atoms with Crippen molar-refractivity contribution >= 4 is 0 Å². The van der Waals surface area contributed by atoms with Crippen molar-refractivity contribution in [2.75, 3.05) is 7.11 Å². The van der Waals surface area contributed by atoms with E-state index in [0.717, 1.165) is 18.9 Å². The van der Waals surface area contributed by atoms with Crippen LogP contribution in [0.25, 0.3) is 0 Å². The second kappa shape index (κ2) is 7.11. The Balaban J connectivity index is 2.21. The summed E-state index contributed by atoms with van der Waals surface area (Å²) in [5.74, 6) is 4.31. The smallest absolute Gasteiger partial charge is 0.159 e. The van der Waals surface area contributed by atoms with Crippen molar-refractivity contribution in [3.05, 3.63) is 35.4 Å². The number of nitrogens with one attached hydrogen (secondary N) is 1. The van der Waals surface area contributed by atoms with E-state index in [9.17, 15) is 8.78 Å². The van der Waals surface area contributed by atoms with Gasteiger partial charge in [-0.2, -0.15) is 0 Å². The van der Waals surface area contributed by atoms with Crippen LogP contribution < -0.4 is 11.3 Å². The average molecular weight is 284 g/mol. The lowest BCUT2D eigenvalue weighted by atomic mass is 9.81. The summed E-state index contributed by atoms with van der Waals surface area (Å²) < 4.78 is 32.1. The van der Waals surface area contributed by atoms with E-state index in [1.807, 2.05) is 0 Å². The van der Waals surface area contributed by atoms with Crippen LogP contribution in [0.2, 0.25) is 0 Å². The maximum Gasteiger partial charge on any atom is 0.159 e. The van der Waals surface area contributed by atoms with Crippen molar-refractivity contribution in [3.63, 3.8) is 0 Å². The lowest BCUT2D eigenvalue weighted by Gasteiger charge is -2.34. The summed E-state index contributed by atoms with van der Waals surface area (Å²) in [5, 5.41) is 0. The van der Waals surface area contributed by atoms with Gasteiger partial charge in [-0.3, -0.25) is 11.3 Å². The average Bonchev–Trinajstić information content (AvgIpc) is 2.48. The number of rotatable bonds is 5. The third-order valence-electron chi connectivity index (χ3n) is 4.20. The Bertz CT molecular complexity index is 436. The van der Waals surface area contributed by atoms with Crippen LogP contribution in [-0.4, -0.2) is 13.2 Å². The Morgan fingerprint density at radius 2 is 1.90 bits per heavy atom. The fraction of sp³-hybridized carbons (Fsp3) is 0.600. The molecule has 0 heterocycles. The third-order valence-corrected chi connectivity index (χ3v) is 4.20. The van der Waals surface area contributed by atoms with E-state index in [2.05, 4.69) is 5.43 Å². The second-order valence-electron chi connectivity index (χ2n) is 5.42. The highest BCUT2D eigenvalue weighted by Crippen LogP contribution is 2.34. The number of hydrogen-bond donors (Lipinski definition) is 2. The van der Waals surface area contributed by atoms with Gasteiger partial charge in [-0.05, 0) is 36.5 Å². The summed E-state index contributed by atoms with van der Waals surface area (Å²) in [4.78, 5) is 0. The molecule has 1 aromatic carbocycles. The molecule has 0 spiro atoms. The number of ether oxygens (including phenoxy) is 1. The van der Waals surface area contributed by atoms with Crippen LogP contribution in [0.1, 0.15) is 43.7 Å². The van der Waals surface area contributed by atoms with Gasteiger partial charge in [-0.25, -0.2) is 8.78 Å². The van der Waals surface area contributed by atoms with Crippen LogP contribution in [-0.2, 0) is 4.74 Å². The predicted molar refractivity (Wildman–Crippen MR) is 73.8 cm³/mol. The maximum absolute atomic E-state index is 13.4. The summed E-state index contributed by atoms with van der Waals surface area (Å²) in [7, 11) is 1.64. The van der Waals surface area contributed by atoms with Crippen LogP contribution in [0, 0.1) is 17.6 Å². The minimum atomic E-state index is -0.860. The minimum absolute atomic E-state index is 0.134. The zero-order valence-corrected chi connectivity index (χ0v) is 11.7. The normalized spacial score (nSPS) is 19.8. The van der Waals surface area contributed by atoms with Crippen molar-refractivity contribution in [1.82, 2.24) is 5.43 Å². The van der Waals surface area contributed by atoms with Gasteiger partial charge < -0.3 is 4.74 Å². The molecule has 2 rings (SSSR count). The lowest BCUT2D eigenvalue weighted by molar-refractivity contribution is 0.00741. The van der Waals surface area contributed by atoms with Crippen molar-refractivity contribution in [2.45, 2.75) is 44.2 Å². The van der Waals surface area contributed by atoms with Crippen LogP contribution in [0.4, 0.5) is 8.78 Å². The van der Waals surface area contributed by atoms with Gasteiger partial charge in [0.1, 0.15) is 0 Å². The van der Waals surface area contributed by atoms with Crippen molar-refractivity contribution in [1.29, 1.82) is 0 Å². The molecule has 1 aliphatic rings. The van der Waals surface area contributed by atoms with E-state index in [1.165, 1.54) is 25.3 Å². The first-order chi connectivity index (χ1) is 9.67. The molecule has 3 nitrogen and oxygen atoms in total. The Morgan fingerprint density at radius 1 is 1.20 bits per heavy atom. The number of methoxy groups -OCH3 is 1. The van der Waals surface area contributed by atoms with E-state index in [4.69, 9.17) is 10.6 Å². The zero-order valence-electron chi connectivity index (χ0n) is 11.7. The van der Waals surface area contributed by atoms with Gasteiger partial charge in [0, 0.05) is 7.11 Å². The standard InChI is InChI=1S/C15H22F2N2O/c1-20-15(10-5-3-2-4-6-10)14(19-18)11-7-8-12(16)13(17)9-11/h7-10,14-15,19H,2-6,18H2,1H3. The van der Waals surface area contributed by atoms with Crippen LogP contribution in [0.5, 0.6) is 0 Å². The van der Waals surface area contributed by atoms with Crippen LogP contribution >= 0.6 is 0 Å². The molecular weight excluding hydrogens is 262 g/mol. The molecule has 20 heavy (non-hydrogen) atoms. The van der Waals surface area contributed by atoms with Crippen molar-refractivity contribution < 1.29 is 13.5 Å². The molecule has 1 saturated carbocycles. The fourth-order valence-electron chi connectivity index (χ4n) is 3.15. The molecular formula is C15H22F2N2O. The van der Waals surface area contributed by atoms with Gasteiger partial charge in [0.25, 0.3) is 0 Å². The van der Waals surface area contributed by atoms with Gasteiger partial charge in [-0.1, -0.05) is 25.3 Å². The largest absolute Gasteiger partial charge is 0.379 e. The first kappa shape index (κ1) is 15.4. The monoisotopic (exact) mass is 284 g/mol.